The van der Waals surface area contributed by atoms with E-state index in [2.05, 4.69) is 9.79 Å². The minimum absolute atomic E-state index is 0.154. The largest absolute Gasteiger partial charge is 0.497 e. The molecule has 7 heteroatoms. The van der Waals surface area contributed by atoms with Gasteiger partial charge in [-0.3, -0.25) is 4.84 Å². The summed E-state index contributed by atoms with van der Waals surface area (Å²) in [6, 6.07) is 6.16. The van der Waals surface area contributed by atoms with Crippen LogP contribution < -0.4 is 9.62 Å². The Hall–Kier alpha value is -1.15. The van der Waals surface area contributed by atoms with Crippen LogP contribution in [0.2, 0.25) is 0 Å². The van der Waals surface area contributed by atoms with Gasteiger partial charge in [0.2, 0.25) is 0 Å². The third-order valence-electron chi connectivity index (χ3n) is 3.50. The van der Waals surface area contributed by atoms with Gasteiger partial charge < -0.3 is 9.64 Å². The molecule has 0 aliphatic carbocycles. The Bertz CT molecular complexity index is 524. The molecule has 0 aromatic heterocycles. The Morgan fingerprint density at radius 2 is 1.81 bits per heavy atom. The fraction of sp³-hybridized carbons (Fsp3) is 0.571. The van der Waals surface area contributed by atoms with E-state index < -0.39 is 10.0 Å². The van der Waals surface area contributed by atoms with Gasteiger partial charge in [-0.05, 0) is 50.2 Å². The Morgan fingerprint density at radius 3 is 2.43 bits per heavy atom. The van der Waals surface area contributed by atoms with Crippen molar-refractivity contribution in [1.29, 1.82) is 0 Å². The number of ether oxygens (including phenoxy) is 1. The molecule has 21 heavy (non-hydrogen) atoms. The second-order valence-electron chi connectivity index (χ2n) is 5.01. The first kappa shape index (κ1) is 16.2. The molecule has 6 nitrogen and oxygen atoms in total. The molecular weight excluding hydrogens is 292 g/mol. The molecule has 0 atom stereocenters. The van der Waals surface area contributed by atoms with Gasteiger partial charge in [0.15, 0.2) is 0 Å². The van der Waals surface area contributed by atoms with Crippen LogP contribution in [0.15, 0.2) is 29.2 Å². The van der Waals surface area contributed by atoms with Crippen molar-refractivity contribution in [1.82, 2.24) is 9.79 Å². The van der Waals surface area contributed by atoms with Gasteiger partial charge >= 0.3 is 0 Å². The predicted molar refractivity (Wildman–Crippen MR) is 79.6 cm³/mol. The van der Waals surface area contributed by atoms with Gasteiger partial charge in [0.1, 0.15) is 5.75 Å². The molecule has 1 aliphatic heterocycles. The van der Waals surface area contributed by atoms with Gasteiger partial charge in [-0.15, -0.1) is 0 Å². The molecule has 1 aliphatic rings. The van der Waals surface area contributed by atoms with Crippen molar-refractivity contribution in [3.63, 3.8) is 0 Å². The van der Waals surface area contributed by atoms with E-state index in [-0.39, 0.29) is 4.90 Å². The van der Waals surface area contributed by atoms with Gasteiger partial charge in [0, 0.05) is 6.54 Å². The van der Waals surface area contributed by atoms with Crippen molar-refractivity contribution in [2.75, 3.05) is 33.4 Å². The fourth-order valence-corrected chi connectivity index (χ4v) is 3.11. The summed E-state index contributed by atoms with van der Waals surface area (Å²) in [5.74, 6) is 0.611. The average Bonchev–Trinajstić information content (AvgIpc) is 2.53. The van der Waals surface area contributed by atoms with E-state index >= 15 is 0 Å². The Labute approximate surface area is 126 Å². The predicted octanol–water partition coefficient (Wildman–Crippen LogP) is 1.39. The molecular formula is C14H22N2O4S. The Morgan fingerprint density at radius 1 is 1.14 bits per heavy atom. The molecule has 0 saturated carbocycles. The van der Waals surface area contributed by atoms with Crippen LogP contribution in [-0.4, -0.2) is 46.7 Å². The molecule has 2 rings (SSSR count). The molecule has 0 unspecified atom stereocenters. The van der Waals surface area contributed by atoms with Crippen LogP contribution in [-0.2, 0) is 14.9 Å². The molecule has 0 bridgehead atoms. The second-order valence-corrected chi connectivity index (χ2v) is 6.66. The van der Waals surface area contributed by atoms with E-state index in [4.69, 9.17) is 9.57 Å². The summed E-state index contributed by atoms with van der Waals surface area (Å²) in [6.45, 7) is 3.21. The molecule has 1 fully saturated rings. The number of hydrogen-bond acceptors (Lipinski definition) is 5. The fourth-order valence-electron chi connectivity index (χ4n) is 2.28. The van der Waals surface area contributed by atoms with Crippen molar-refractivity contribution in [2.24, 2.45) is 0 Å². The zero-order valence-corrected chi connectivity index (χ0v) is 13.1. The maximum Gasteiger partial charge on any atom is 0.262 e. The standard InChI is InChI=1S/C14H22N2O4S/c1-19-13-5-7-14(8-6-13)21(17,18)15-20-12-11-16-9-3-2-4-10-16/h5-8,15H,2-4,9-12H2,1H3. The lowest BCUT2D eigenvalue weighted by Gasteiger charge is -2.25. The minimum Gasteiger partial charge on any atom is -0.497 e. The van der Waals surface area contributed by atoms with Gasteiger partial charge in [0.05, 0.1) is 18.6 Å². The molecule has 0 radical (unpaired) electrons. The van der Waals surface area contributed by atoms with Crippen molar-refractivity contribution in [3.8, 4) is 5.75 Å². The van der Waals surface area contributed by atoms with E-state index in [9.17, 15) is 8.42 Å². The normalized spacial score (nSPS) is 16.8. The molecule has 118 valence electrons. The lowest BCUT2D eigenvalue weighted by Crippen LogP contribution is -2.35. The van der Waals surface area contributed by atoms with E-state index in [0.29, 0.717) is 12.4 Å². The van der Waals surface area contributed by atoms with Gasteiger partial charge in [-0.2, -0.15) is 0 Å². The molecule has 1 N–H and O–H groups in total. The topological polar surface area (TPSA) is 67.9 Å². The molecule has 1 saturated heterocycles. The highest BCUT2D eigenvalue weighted by Gasteiger charge is 2.15. The lowest BCUT2D eigenvalue weighted by atomic mass is 10.1. The zero-order valence-electron chi connectivity index (χ0n) is 12.2. The highest BCUT2D eigenvalue weighted by Crippen LogP contribution is 2.15. The van der Waals surface area contributed by atoms with Crippen molar-refractivity contribution in [2.45, 2.75) is 24.2 Å². The van der Waals surface area contributed by atoms with E-state index in [1.807, 2.05) is 0 Å². The number of nitrogens with zero attached hydrogens (tertiary/aromatic N) is 1. The molecule has 1 aromatic carbocycles. The average molecular weight is 314 g/mol. The first-order valence-electron chi connectivity index (χ1n) is 7.12. The summed E-state index contributed by atoms with van der Waals surface area (Å²) in [5, 5.41) is 0. The van der Waals surface area contributed by atoms with Gasteiger partial charge in [-0.25, -0.2) is 8.42 Å². The molecule has 1 heterocycles. The summed E-state index contributed by atoms with van der Waals surface area (Å²) in [7, 11) is -2.10. The second kappa shape index (κ2) is 7.74. The SMILES string of the molecule is COc1ccc(S(=O)(=O)NOCCN2CCCCC2)cc1. The zero-order chi connectivity index (χ0) is 15.1. The smallest absolute Gasteiger partial charge is 0.262 e. The Balaban J connectivity index is 1.77. The van der Waals surface area contributed by atoms with Gasteiger partial charge in [0.25, 0.3) is 10.0 Å². The summed E-state index contributed by atoms with van der Waals surface area (Å²) in [6.07, 6.45) is 3.69. The number of hydrogen-bond donors (Lipinski definition) is 1. The molecule has 0 spiro atoms. The highest BCUT2D eigenvalue weighted by molar-refractivity contribution is 7.89. The van der Waals surface area contributed by atoms with E-state index in [1.54, 1.807) is 12.1 Å². The number of benzene rings is 1. The van der Waals surface area contributed by atoms with Crippen molar-refractivity contribution in [3.05, 3.63) is 24.3 Å². The monoisotopic (exact) mass is 314 g/mol. The van der Waals surface area contributed by atoms with Crippen LogP contribution in [0.4, 0.5) is 0 Å². The van der Waals surface area contributed by atoms with Crippen LogP contribution in [0, 0.1) is 0 Å². The maximum atomic E-state index is 12.0. The third-order valence-corrected chi connectivity index (χ3v) is 4.73. The number of nitrogens with one attached hydrogen (secondary N) is 1. The van der Waals surface area contributed by atoms with Gasteiger partial charge in [-0.1, -0.05) is 11.3 Å². The first-order chi connectivity index (χ1) is 10.1. The van der Waals surface area contributed by atoms with Crippen LogP contribution in [0.5, 0.6) is 5.75 Å². The van der Waals surface area contributed by atoms with Crippen LogP contribution in [0.25, 0.3) is 0 Å². The molecule has 1 aromatic rings. The number of likely N-dealkylation sites (tertiary alicyclic amines) is 1. The van der Waals surface area contributed by atoms with Crippen LogP contribution in [0.3, 0.4) is 0 Å². The number of rotatable bonds is 7. The summed E-state index contributed by atoms with van der Waals surface area (Å²) < 4.78 is 29.0. The van der Waals surface area contributed by atoms with E-state index in [1.165, 1.54) is 38.5 Å². The van der Waals surface area contributed by atoms with Crippen LogP contribution >= 0.6 is 0 Å². The summed E-state index contributed by atoms with van der Waals surface area (Å²) >= 11 is 0. The number of piperidine rings is 1. The number of sulfonamides is 1. The minimum atomic E-state index is -3.63. The quantitative estimate of drug-likeness (QED) is 0.608. The highest BCUT2D eigenvalue weighted by atomic mass is 32.2. The van der Waals surface area contributed by atoms with E-state index in [0.717, 1.165) is 19.6 Å². The summed E-state index contributed by atoms with van der Waals surface area (Å²) in [4.78, 5) is 9.70. The summed E-state index contributed by atoms with van der Waals surface area (Å²) in [5.41, 5.74) is 0. The first-order valence-corrected chi connectivity index (χ1v) is 8.60. The Kier molecular flexibility index (Phi) is 5.98. The van der Waals surface area contributed by atoms with Crippen LogP contribution in [0.1, 0.15) is 19.3 Å². The molecule has 0 amide bonds. The maximum absolute atomic E-state index is 12.0. The number of methoxy groups -OCH3 is 1. The lowest BCUT2D eigenvalue weighted by molar-refractivity contribution is 0.0656. The van der Waals surface area contributed by atoms with Crippen molar-refractivity contribution >= 4 is 10.0 Å². The third kappa shape index (κ3) is 4.96. The van der Waals surface area contributed by atoms with Crippen molar-refractivity contribution < 1.29 is 18.0 Å².